The van der Waals surface area contributed by atoms with Crippen LogP contribution in [-0.4, -0.2) is 43.9 Å². The predicted molar refractivity (Wildman–Crippen MR) is 76.4 cm³/mol. The van der Waals surface area contributed by atoms with Gasteiger partial charge in [-0.3, -0.25) is 4.79 Å². The van der Waals surface area contributed by atoms with E-state index in [1.165, 1.54) is 0 Å². The van der Waals surface area contributed by atoms with E-state index in [2.05, 4.69) is 0 Å². The SMILES string of the molecule is COCCCN1C(=O)CSC1c1ccccc1OC. The Morgan fingerprint density at radius 3 is 2.89 bits per heavy atom. The molecule has 1 atom stereocenters. The summed E-state index contributed by atoms with van der Waals surface area (Å²) in [5, 5.41) is 0.0560. The van der Waals surface area contributed by atoms with E-state index >= 15 is 0 Å². The molecular formula is C14H19NO3S. The first-order chi connectivity index (χ1) is 9.27. The second-order valence-corrected chi connectivity index (χ2v) is 5.41. The molecule has 1 unspecified atom stereocenters. The highest BCUT2D eigenvalue weighted by molar-refractivity contribution is 8.00. The van der Waals surface area contributed by atoms with Gasteiger partial charge in [-0.25, -0.2) is 0 Å². The van der Waals surface area contributed by atoms with Gasteiger partial charge in [0.1, 0.15) is 11.1 Å². The van der Waals surface area contributed by atoms with E-state index in [1.54, 1.807) is 26.0 Å². The van der Waals surface area contributed by atoms with Crippen LogP contribution in [0.5, 0.6) is 5.75 Å². The fourth-order valence-electron chi connectivity index (χ4n) is 2.20. The first kappa shape index (κ1) is 14.2. The zero-order valence-corrected chi connectivity index (χ0v) is 12.1. The molecule has 1 aromatic carbocycles. The Kier molecular flexibility index (Phi) is 5.10. The maximum absolute atomic E-state index is 12.0. The lowest BCUT2D eigenvalue weighted by atomic mass is 10.1. The molecule has 0 aliphatic carbocycles. The molecule has 0 radical (unpaired) electrons. The minimum atomic E-state index is 0.0560. The lowest BCUT2D eigenvalue weighted by Crippen LogP contribution is -2.30. The summed E-state index contributed by atoms with van der Waals surface area (Å²) in [5.41, 5.74) is 1.07. The Bertz CT molecular complexity index is 438. The molecule has 4 nitrogen and oxygen atoms in total. The first-order valence-electron chi connectivity index (χ1n) is 6.31. The summed E-state index contributed by atoms with van der Waals surface area (Å²) < 4.78 is 10.4. The number of benzene rings is 1. The first-order valence-corrected chi connectivity index (χ1v) is 7.35. The van der Waals surface area contributed by atoms with Crippen LogP contribution in [-0.2, 0) is 9.53 Å². The molecule has 104 valence electrons. The Hall–Kier alpha value is -1.20. The average Bonchev–Trinajstić information content (AvgIpc) is 2.80. The molecule has 0 aromatic heterocycles. The smallest absolute Gasteiger partial charge is 0.233 e. The van der Waals surface area contributed by atoms with E-state index in [9.17, 15) is 4.79 Å². The van der Waals surface area contributed by atoms with E-state index in [0.29, 0.717) is 12.4 Å². The van der Waals surface area contributed by atoms with Crippen LogP contribution in [0, 0.1) is 0 Å². The monoisotopic (exact) mass is 281 g/mol. The Morgan fingerprint density at radius 2 is 2.16 bits per heavy atom. The maximum Gasteiger partial charge on any atom is 0.233 e. The number of hydrogen-bond donors (Lipinski definition) is 0. The van der Waals surface area contributed by atoms with Crippen LogP contribution in [0.1, 0.15) is 17.4 Å². The number of carbonyl (C=O) groups excluding carboxylic acids is 1. The number of amides is 1. The summed E-state index contributed by atoms with van der Waals surface area (Å²) in [4.78, 5) is 13.9. The van der Waals surface area contributed by atoms with Gasteiger partial charge in [0, 0.05) is 25.8 Å². The third-order valence-electron chi connectivity index (χ3n) is 3.12. The number of thioether (sulfide) groups is 1. The minimum Gasteiger partial charge on any atom is -0.496 e. The van der Waals surface area contributed by atoms with Crippen molar-refractivity contribution in [3.63, 3.8) is 0 Å². The third-order valence-corrected chi connectivity index (χ3v) is 4.36. The molecule has 0 bridgehead atoms. The van der Waals surface area contributed by atoms with Crippen molar-refractivity contribution >= 4 is 17.7 Å². The zero-order chi connectivity index (χ0) is 13.7. The molecule has 1 aliphatic heterocycles. The molecule has 19 heavy (non-hydrogen) atoms. The van der Waals surface area contributed by atoms with Gasteiger partial charge in [0.05, 0.1) is 12.9 Å². The van der Waals surface area contributed by atoms with E-state index in [1.807, 2.05) is 29.2 Å². The quantitative estimate of drug-likeness (QED) is 0.750. The molecule has 1 fully saturated rings. The fourth-order valence-corrected chi connectivity index (χ4v) is 3.45. The van der Waals surface area contributed by atoms with Gasteiger partial charge in [-0.05, 0) is 12.5 Å². The van der Waals surface area contributed by atoms with Gasteiger partial charge in [-0.15, -0.1) is 11.8 Å². The van der Waals surface area contributed by atoms with E-state index < -0.39 is 0 Å². The Morgan fingerprint density at radius 1 is 1.37 bits per heavy atom. The molecule has 1 heterocycles. The maximum atomic E-state index is 12.0. The van der Waals surface area contributed by atoms with Gasteiger partial charge in [-0.2, -0.15) is 0 Å². The van der Waals surface area contributed by atoms with E-state index in [4.69, 9.17) is 9.47 Å². The summed E-state index contributed by atoms with van der Waals surface area (Å²) in [7, 11) is 3.34. The van der Waals surface area contributed by atoms with Crippen LogP contribution in [0.25, 0.3) is 0 Å². The molecule has 0 N–H and O–H groups in total. The van der Waals surface area contributed by atoms with Gasteiger partial charge in [0.15, 0.2) is 0 Å². The van der Waals surface area contributed by atoms with Crippen molar-refractivity contribution in [3.8, 4) is 5.75 Å². The van der Waals surface area contributed by atoms with Crippen LogP contribution in [0.3, 0.4) is 0 Å². The lowest BCUT2D eigenvalue weighted by molar-refractivity contribution is -0.128. The fraction of sp³-hybridized carbons (Fsp3) is 0.500. The van der Waals surface area contributed by atoms with Gasteiger partial charge < -0.3 is 14.4 Å². The van der Waals surface area contributed by atoms with Crippen molar-refractivity contribution in [2.45, 2.75) is 11.8 Å². The van der Waals surface area contributed by atoms with Gasteiger partial charge in [-0.1, -0.05) is 18.2 Å². The number of methoxy groups -OCH3 is 2. The van der Waals surface area contributed by atoms with Crippen LogP contribution >= 0.6 is 11.8 Å². The van der Waals surface area contributed by atoms with Crippen molar-refractivity contribution in [2.75, 3.05) is 33.1 Å². The highest BCUT2D eigenvalue weighted by Gasteiger charge is 2.33. The topological polar surface area (TPSA) is 38.8 Å². The van der Waals surface area contributed by atoms with Gasteiger partial charge in [0.2, 0.25) is 5.91 Å². The lowest BCUT2D eigenvalue weighted by Gasteiger charge is -2.25. The Balaban J connectivity index is 2.15. The molecule has 1 aromatic rings. The second-order valence-electron chi connectivity index (χ2n) is 4.34. The predicted octanol–water partition coefficient (Wildman–Crippen LogP) is 2.31. The molecule has 0 spiro atoms. The molecule has 0 saturated carbocycles. The van der Waals surface area contributed by atoms with Crippen molar-refractivity contribution < 1.29 is 14.3 Å². The van der Waals surface area contributed by atoms with Crippen LogP contribution < -0.4 is 4.74 Å². The van der Waals surface area contributed by atoms with Crippen molar-refractivity contribution in [3.05, 3.63) is 29.8 Å². The van der Waals surface area contributed by atoms with Crippen LogP contribution in [0.15, 0.2) is 24.3 Å². The van der Waals surface area contributed by atoms with Crippen molar-refractivity contribution in [1.29, 1.82) is 0 Å². The highest BCUT2D eigenvalue weighted by Crippen LogP contribution is 2.42. The van der Waals surface area contributed by atoms with Gasteiger partial charge in [0.25, 0.3) is 0 Å². The normalized spacial score (nSPS) is 18.9. The molecule has 1 saturated heterocycles. The number of rotatable bonds is 6. The second kappa shape index (κ2) is 6.82. The van der Waals surface area contributed by atoms with Crippen molar-refractivity contribution in [1.82, 2.24) is 4.90 Å². The average molecular weight is 281 g/mol. The third kappa shape index (κ3) is 3.22. The Labute approximate surface area is 118 Å². The number of carbonyl (C=O) groups is 1. The molecule has 2 rings (SSSR count). The summed E-state index contributed by atoms with van der Waals surface area (Å²) >= 11 is 1.65. The molecule has 5 heteroatoms. The summed E-state index contributed by atoms with van der Waals surface area (Å²) in [5.74, 6) is 1.57. The summed E-state index contributed by atoms with van der Waals surface area (Å²) in [6, 6.07) is 7.89. The molecule has 1 amide bonds. The van der Waals surface area contributed by atoms with E-state index in [0.717, 1.165) is 24.3 Å². The summed E-state index contributed by atoms with van der Waals surface area (Å²) in [6.45, 7) is 1.40. The molecular weight excluding hydrogens is 262 g/mol. The van der Waals surface area contributed by atoms with Crippen molar-refractivity contribution in [2.24, 2.45) is 0 Å². The molecule has 1 aliphatic rings. The summed E-state index contributed by atoms with van der Waals surface area (Å²) in [6.07, 6.45) is 0.856. The minimum absolute atomic E-state index is 0.0560. The highest BCUT2D eigenvalue weighted by atomic mass is 32.2. The van der Waals surface area contributed by atoms with E-state index in [-0.39, 0.29) is 11.3 Å². The standard InChI is InChI=1S/C14H19NO3S/c1-17-9-5-8-15-13(16)10-19-14(15)11-6-3-4-7-12(11)18-2/h3-4,6-7,14H,5,8-10H2,1-2H3. The number of para-hydroxylation sites is 1. The number of hydrogen-bond acceptors (Lipinski definition) is 4. The zero-order valence-electron chi connectivity index (χ0n) is 11.3. The number of nitrogens with zero attached hydrogens (tertiary/aromatic N) is 1. The van der Waals surface area contributed by atoms with Crippen LogP contribution in [0.2, 0.25) is 0 Å². The van der Waals surface area contributed by atoms with Gasteiger partial charge >= 0.3 is 0 Å². The number of ether oxygens (including phenoxy) is 2. The largest absolute Gasteiger partial charge is 0.496 e. The van der Waals surface area contributed by atoms with Crippen LogP contribution in [0.4, 0.5) is 0 Å².